The minimum absolute atomic E-state index is 0.0361. The number of anilines is 1. The highest BCUT2D eigenvalue weighted by molar-refractivity contribution is 5.94. The maximum atomic E-state index is 12.5. The Morgan fingerprint density at radius 1 is 1.03 bits per heavy atom. The maximum absolute atomic E-state index is 12.5. The van der Waals surface area contributed by atoms with Gasteiger partial charge in [0.15, 0.2) is 0 Å². The molecular weight excluding hydrogens is 410 g/mol. The average molecular weight is 435 g/mol. The first-order valence-corrected chi connectivity index (χ1v) is 10.4. The van der Waals surface area contributed by atoms with Gasteiger partial charge in [-0.05, 0) is 31.0 Å². The van der Waals surface area contributed by atoms with Gasteiger partial charge in [-0.1, -0.05) is 18.2 Å². The van der Waals surface area contributed by atoms with Crippen LogP contribution in [0, 0.1) is 0 Å². The zero-order chi connectivity index (χ0) is 22.3. The Kier molecular flexibility index (Phi) is 6.64. The quantitative estimate of drug-likeness (QED) is 0.574. The van der Waals surface area contributed by atoms with Crippen molar-refractivity contribution in [2.24, 2.45) is 0 Å². The number of aromatic nitrogens is 3. The highest BCUT2D eigenvalue weighted by atomic mass is 16.5. The van der Waals surface area contributed by atoms with Gasteiger partial charge in [0.25, 0.3) is 5.91 Å². The number of hydrogen-bond donors (Lipinski definition) is 1. The van der Waals surface area contributed by atoms with E-state index in [1.165, 1.54) is 14.2 Å². The standard InChI is InChI=1S/C23H25N5O4/c1-30-20-13-21(31-2)27-23(26-20)32-18-8-4-3-7-16(18)14-24-19-10-9-17(15-25-19)22(29)28-11-5-6-12-28/h3-4,7-10,13,15H,5-6,11-12,14H2,1-2H3,(H,24,25). The molecule has 2 aromatic heterocycles. The van der Waals surface area contributed by atoms with E-state index in [0.29, 0.717) is 35.4 Å². The SMILES string of the molecule is COc1cc(OC)nc(Oc2ccccc2CNc2ccc(C(=O)N3CCCC3)cn2)n1. The van der Waals surface area contributed by atoms with Crippen molar-refractivity contribution >= 4 is 11.7 Å². The fraction of sp³-hybridized carbons (Fsp3) is 0.304. The molecule has 0 atom stereocenters. The molecule has 9 heteroatoms. The van der Waals surface area contributed by atoms with Gasteiger partial charge in [-0.3, -0.25) is 4.79 Å². The number of amides is 1. The first-order valence-electron chi connectivity index (χ1n) is 10.4. The van der Waals surface area contributed by atoms with Gasteiger partial charge in [-0.2, -0.15) is 9.97 Å². The van der Waals surface area contributed by atoms with Crippen LogP contribution < -0.4 is 19.5 Å². The van der Waals surface area contributed by atoms with Crippen LogP contribution in [0.5, 0.6) is 23.5 Å². The molecular formula is C23H25N5O4. The van der Waals surface area contributed by atoms with Crippen molar-refractivity contribution in [3.8, 4) is 23.5 Å². The van der Waals surface area contributed by atoms with E-state index in [2.05, 4.69) is 20.3 Å². The molecule has 0 bridgehead atoms. The minimum atomic E-state index is 0.0361. The number of methoxy groups -OCH3 is 2. The lowest BCUT2D eigenvalue weighted by Gasteiger charge is -2.15. The highest BCUT2D eigenvalue weighted by Gasteiger charge is 2.19. The summed E-state index contributed by atoms with van der Waals surface area (Å²) in [6.45, 7) is 2.10. The number of carbonyl (C=O) groups is 1. The number of rotatable bonds is 8. The van der Waals surface area contributed by atoms with E-state index in [4.69, 9.17) is 14.2 Å². The monoisotopic (exact) mass is 435 g/mol. The van der Waals surface area contributed by atoms with Gasteiger partial charge < -0.3 is 24.4 Å². The van der Waals surface area contributed by atoms with E-state index >= 15 is 0 Å². The second kappa shape index (κ2) is 9.95. The third kappa shape index (κ3) is 5.05. The Hall–Kier alpha value is -3.88. The Bertz CT molecular complexity index is 1050. The predicted octanol–water partition coefficient (Wildman–Crippen LogP) is 3.53. The normalized spacial score (nSPS) is 13.0. The van der Waals surface area contributed by atoms with E-state index in [1.54, 1.807) is 18.3 Å². The number of likely N-dealkylation sites (tertiary alicyclic amines) is 1. The van der Waals surface area contributed by atoms with Gasteiger partial charge in [-0.25, -0.2) is 4.98 Å². The fourth-order valence-electron chi connectivity index (χ4n) is 3.40. The number of ether oxygens (including phenoxy) is 3. The number of para-hydroxylation sites is 1. The largest absolute Gasteiger partial charge is 0.481 e. The summed E-state index contributed by atoms with van der Waals surface area (Å²) in [7, 11) is 3.03. The van der Waals surface area contributed by atoms with Crippen molar-refractivity contribution in [3.63, 3.8) is 0 Å². The lowest BCUT2D eigenvalue weighted by atomic mass is 10.2. The molecule has 1 saturated heterocycles. The van der Waals surface area contributed by atoms with E-state index in [0.717, 1.165) is 31.5 Å². The van der Waals surface area contributed by atoms with Crippen molar-refractivity contribution in [1.29, 1.82) is 0 Å². The summed E-state index contributed by atoms with van der Waals surface area (Å²) in [5, 5.41) is 3.26. The molecule has 1 aliphatic heterocycles. The number of hydrogen-bond acceptors (Lipinski definition) is 8. The predicted molar refractivity (Wildman–Crippen MR) is 118 cm³/mol. The van der Waals surface area contributed by atoms with Crippen LogP contribution in [0.25, 0.3) is 0 Å². The third-order valence-electron chi connectivity index (χ3n) is 5.11. The molecule has 0 unspecified atom stereocenters. The van der Waals surface area contributed by atoms with Gasteiger partial charge in [-0.15, -0.1) is 0 Å². The average Bonchev–Trinajstić information content (AvgIpc) is 3.38. The van der Waals surface area contributed by atoms with Gasteiger partial charge in [0.2, 0.25) is 11.8 Å². The van der Waals surface area contributed by atoms with Crippen molar-refractivity contribution in [1.82, 2.24) is 19.9 Å². The second-order valence-corrected chi connectivity index (χ2v) is 7.23. The van der Waals surface area contributed by atoms with E-state index < -0.39 is 0 Å². The van der Waals surface area contributed by atoms with Crippen LogP contribution in [-0.2, 0) is 6.54 Å². The molecule has 3 heterocycles. The van der Waals surface area contributed by atoms with Crippen molar-refractivity contribution in [3.05, 3.63) is 59.8 Å². The molecule has 0 spiro atoms. The maximum Gasteiger partial charge on any atom is 0.328 e. The molecule has 1 fully saturated rings. The first kappa shape index (κ1) is 21.4. The number of nitrogens with zero attached hydrogens (tertiary/aromatic N) is 4. The van der Waals surface area contributed by atoms with Crippen molar-refractivity contribution in [2.45, 2.75) is 19.4 Å². The summed E-state index contributed by atoms with van der Waals surface area (Å²) in [5.41, 5.74) is 1.49. The molecule has 1 aromatic carbocycles. The fourth-order valence-corrected chi connectivity index (χ4v) is 3.40. The van der Waals surface area contributed by atoms with Gasteiger partial charge >= 0.3 is 6.01 Å². The van der Waals surface area contributed by atoms with Crippen LogP contribution in [0.4, 0.5) is 5.82 Å². The molecule has 0 radical (unpaired) electrons. The molecule has 9 nitrogen and oxygen atoms in total. The number of pyridine rings is 1. The Morgan fingerprint density at radius 3 is 2.41 bits per heavy atom. The topological polar surface area (TPSA) is 98.7 Å². The third-order valence-corrected chi connectivity index (χ3v) is 5.11. The Labute approximate surface area is 186 Å². The molecule has 3 aromatic rings. The van der Waals surface area contributed by atoms with Crippen LogP contribution in [0.15, 0.2) is 48.7 Å². The van der Waals surface area contributed by atoms with Crippen LogP contribution in [0.2, 0.25) is 0 Å². The summed E-state index contributed by atoms with van der Waals surface area (Å²) >= 11 is 0. The molecule has 1 amide bonds. The molecule has 0 saturated carbocycles. The molecule has 1 N–H and O–H groups in total. The van der Waals surface area contributed by atoms with Crippen LogP contribution in [0.1, 0.15) is 28.8 Å². The summed E-state index contributed by atoms with van der Waals surface area (Å²) < 4.78 is 16.2. The van der Waals surface area contributed by atoms with Crippen LogP contribution in [0.3, 0.4) is 0 Å². The zero-order valence-corrected chi connectivity index (χ0v) is 18.1. The Balaban J connectivity index is 1.43. The van der Waals surface area contributed by atoms with Gasteiger partial charge in [0.1, 0.15) is 11.6 Å². The lowest BCUT2D eigenvalue weighted by Crippen LogP contribution is -2.27. The molecule has 4 rings (SSSR count). The number of nitrogens with one attached hydrogen (secondary N) is 1. The lowest BCUT2D eigenvalue weighted by molar-refractivity contribution is 0.0792. The number of benzene rings is 1. The summed E-state index contributed by atoms with van der Waals surface area (Å²) in [6.07, 6.45) is 3.74. The Morgan fingerprint density at radius 2 is 1.75 bits per heavy atom. The molecule has 1 aliphatic rings. The van der Waals surface area contributed by atoms with E-state index in [-0.39, 0.29) is 11.9 Å². The van der Waals surface area contributed by atoms with E-state index in [1.807, 2.05) is 35.2 Å². The van der Waals surface area contributed by atoms with Crippen LogP contribution >= 0.6 is 0 Å². The minimum Gasteiger partial charge on any atom is -0.481 e. The first-order chi connectivity index (χ1) is 15.7. The summed E-state index contributed by atoms with van der Waals surface area (Å²) in [6, 6.07) is 12.9. The van der Waals surface area contributed by atoms with E-state index in [9.17, 15) is 4.79 Å². The van der Waals surface area contributed by atoms with Gasteiger partial charge in [0.05, 0.1) is 25.8 Å². The number of carbonyl (C=O) groups excluding carboxylic acids is 1. The second-order valence-electron chi connectivity index (χ2n) is 7.23. The zero-order valence-electron chi connectivity index (χ0n) is 18.1. The molecule has 0 aliphatic carbocycles. The molecule has 32 heavy (non-hydrogen) atoms. The van der Waals surface area contributed by atoms with Crippen LogP contribution in [-0.4, -0.2) is 53.1 Å². The smallest absolute Gasteiger partial charge is 0.328 e. The highest BCUT2D eigenvalue weighted by Crippen LogP contribution is 2.27. The van der Waals surface area contributed by atoms with Gasteiger partial charge in [0, 0.05) is 31.4 Å². The molecule has 166 valence electrons. The van der Waals surface area contributed by atoms with Crippen molar-refractivity contribution < 1.29 is 19.0 Å². The summed E-state index contributed by atoms with van der Waals surface area (Å²) in [4.78, 5) is 27.1. The summed E-state index contributed by atoms with van der Waals surface area (Å²) in [5.74, 6) is 1.98. The van der Waals surface area contributed by atoms with Crippen molar-refractivity contribution in [2.75, 3.05) is 32.6 Å².